The van der Waals surface area contributed by atoms with Crippen molar-refractivity contribution in [2.45, 2.75) is 13.3 Å². The number of benzene rings is 1. The number of hydrogen-bond donors (Lipinski definition) is 1. The van der Waals surface area contributed by atoms with E-state index in [1.165, 1.54) is 34.8 Å². The summed E-state index contributed by atoms with van der Waals surface area (Å²) in [5, 5.41) is 5.33. The molecule has 25 heavy (non-hydrogen) atoms. The van der Waals surface area contributed by atoms with Crippen molar-refractivity contribution in [1.29, 1.82) is 0 Å². The maximum atomic E-state index is 13.1. The first-order valence-electron chi connectivity index (χ1n) is 7.52. The van der Waals surface area contributed by atoms with E-state index in [2.05, 4.69) is 15.3 Å². The number of carbonyl (C=O) groups excluding carboxylic acids is 1. The summed E-state index contributed by atoms with van der Waals surface area (Å²) in [6.07, 6.45) is 3.83. The summed E-state index contributed by atoms with van der Waals surface area (Å²) in [4.78, 5) is 22.8. The van der Waals surface area contributed by atoms with E-state index in [4.69, 9.17) is 0 Å². The number of rotatable bonds is 4. The number of fused-ring (bicyclic) bond motifs is 1. The number of halogens is 1. The maximum absolute atomic E-state index is 13.1. The van der Waals surface area contributed by atoms with Gasteiger partial charge >= 0.3 is 0 Å². The average molecular weight is 372 g/mol. The standard InChI is InChI=1S/C17H13FN4OS2/c1-10-7-19-16(25-10)21-15(23)6-13-9-24-17-20-14(8-22(13)17)11-2-4-12(18)5-3-11/h2-5,7-9H,6H2,1H3,(H,19,21,23). The van der Waals surface area contributed by atoms with Crippen molar-refractivity contribution in [3.8, 4) is 11.3 Å². The van der Waals surface area contributed by atoms with Crippen molar-refractivity contribution in [2.24, 2.45) is 0 Å². The highest BCUT2D eigenvalue weighted by atomic mass is 32.1. The lowest BCUT2D eigenvalue weighted by Crippen LogP contribution is -2.15. The summed E-state index contributed by atoms with van der Waals surface area (Å²) in [5.74, 6) is -0.398. The monoisotopic (exact) mass is 372 g/mol. The van der Waals surface area contributed by atoms with Crippen molar-refractivity contribution in [1.82, 2.24) is 14.4 Å². The molecule has 0 saturated carbocycles. The van der Waals surface area contributed by atoms with Gasteiger partial charge in [-0.05, 0) is 31.2 Å². The number of anilines is 1. The maximum Gasteiger partial charge on any atom is 0.232 e. The lowest BCUT2D eigenvalue weighted by atomic mass is 10.2. The second kappa shape index (κ2) is 6.38. The molecule has 8 heteroatoms. The van der Waals surface area contributed by atoms with E-state index in [1.54, 1.807) is 18.3 Å². The van der Waals surface area contributed by atoms with Crippen LogP contribution in [0, 0.1) is 12.7 Å². The molecular weight excluding hydrogens is 359 g/mol. The molecule has 0 aliphatic carbocycles. The molecule has 126 valence electrons. The summed E-state index contributed by atoms with van der Waals surface area (Å²) >= 11 is 2.91. The number of hydrogen-bond acceptors (Lipinski definition) is 5. The van der Waals surface area contributed by atoms with Crippen LogP contribution in [0.25, 0.3) is 16.2 Å². The molecule has 3 heterocycles. The minimum absolute atomic E-state index is 0.119. The van der Waals surface area contributed by atoms with E-state index in [9.17, 15) is 9.18 Å². The van der Waals surface area contributed by atoms with Gasteiger partial charge in [0, 0.05) is 33.9 Å². The molecule has 0 atom stereocenters. The Morgan fingerprint density at radius 3 is 2.84 bits per heavy atom. The van der Waals surface area contributed by atoms with E-state index in [0.717, 1.165) is 26.8 Å². The molecule has 4 aromatic rings. The minimum Gasteiger partial charge on any atom is -0.302 e. The van der Waals surface area contributed by atoms with Crippen LogP contribution in [0.2, 0.25) is 0 Å². The third-order valence-corrected chi connectivity index (χ3v) is 5.35. The molecule has 0 saturated heterocycles. The van der Waals surface area contributed by atoms with Gasteiger partial charge in [-0.15, -0.1) is 22.7 Å². The Labute approximate surface area is 150 Å². The van der Waals surface area contributed by atoms with E-state index < -0.39 is 0 Å². The normalized spacial score (nSPS) is 11.1. The lowest BCUT2D eigenvalue weighted by molar-refractivity contribution is -0.115. The Bertz CT molecular complexity index is 1050. The van der Waals surface area contributed by atoms with Crippen molar-refractivity contribution >= 4 is 38.7 Å². The predicted octanol–water partition coefficient (Wildman–Crippen LogP) is 4.15. The lowest BCUT2D eigenvalue weighted by Gasteiger charge is -2.01. The minimum atomic E-state index is -0.278. The number of thiazole rings is 2. The molecule has 1 amide bonds. The molecule has 0 fully saturated rings. The smallest absolute Gasteiger partial charge is 0.232 e. The van der Waals surface area contributed by atoms with Crippen molar-refractivity contribution in [3.05, 3.63) is 58.4 Å². The summed E-state index contributed by atoms with van der Waals surface area (Å²) in [5.41, 5.74) is 2.45. The second-order valence-electron chi connectivity index (χ2n) is 5.51. The Balaban J connectivity index is 1.56. The molecule has 1 aromatic carbocycles. The summed E-state index contributed by atoms with van der Waals surface area (Å²) in [6, 6.07) is 6.21. The van der Waals surface area contributed by atoms with Crippen LogP contribution in [0.5, 0.6) is 0 Å². The third kappa shape index (κ3) is 3.31. The van der Waals surface area contributed by atoms with Gasteiger partial charge in [-0.1, -0.05) is 0 Å². The van der Waals surface area contributed by atoms with Gasteiger partial charge in [0.25, 0.3) is 0 Å². The van der Waals surface area contributed by atoms with Crippen molar-refractivity contribution < 1.29 is 9.18 Å². The Hall–Kier alpha value is -2.58. The van der Waals surface area contributed by atoms with Crippen molar-refractivity contribution in [2.75, 3.05) is 5.32 Å². The highest BCUT2D eigenvalue weighted by molar-refractivity contribution is 7.15. The zero-order valence-corrected chi connectivity index (χ0v) is 14.8. The fourth-order valence-electron chi connectivity index (χ4n) is 2.46. The number of aromatic nitrogens is 3. The molecule has 3 aromatic heterocycles. The zero-order valence-electron chi connectivity index (χ0n) is 13.2. The topological polar surface area (TPSA) is 59.3 Å². The number of imidazole rings is 1. The second-order valence-corrected chi connectivity index (χ2v) is 7.58. The van der Waals surface area contributed by atoms with Gasteiger partial charge in [-0.3, -0.25) is 9.20 Å². The number of nitrogens with one attached hydrogen (secondary N) is 1. The first-order valence-corrected chi connectivity index (χ1v) is 9.22. The van der Waals surface area contributed by atoms with E-state index in [-0.39, 0.29) is 18.1 Å². The van der Waals surface area contributed by atoms with Crippen LogP contribution in [0.15, 0.2) is 42.0 Å². The van der Waals surface area contributed by atoms with Gasteiger partial charge in [0.05, 0.1) is 12.1 Å². The molecule has 0 unspecified atom stereocenters. The van der Waals surface area contributed by atoms with Crippen LogP contribution < -0.4 is 5.32 Å². The molecule has 5 nitrogen and oxygen atoms in total. The summed E-state index contributed by atoms with van der Waals surface area (Å²) in [6.45, 7) is 1.94. The number of nitrogens with zero attached hydrogens (tertiary/aromatic N) is 3. The number of carbonyl (C=O) groups is 1. The van der Waals surface area contributed by atoms with Crippen molar-refractivity contribution in [3.63, 3.8) is 0 Å². The quantitative estimate of drug-likeness (QED) is 0.585. The van der Waals surface area contributed by atoms with E-state index >= 15 is 0 Å². The van der Waals surface area contributed by atoms with Gasteiger partial charge < -0.3 is 5.32 Å². The highest BCUT2D eigenvalue weighted by Gasteiger charge is 2.13. The first-order chi connectivity index (χ1) is 12.1. The van der Waals surface area contributed by atoms with E-state index in [0.29, 0.717) is 5.13 Å². The van der Waals surface area contributed by atoms with E-state index in [1.807, 2.05) is 22.9 Å². The number of aryl methyl sites for hydroxylation is 1. The van der Waals surface area contributed by atoms with Crippen LogP contribution in [0.1, 0.15) is 10.6 Å². The summed E-state index contributed by atoms with van der Waals surface area (Å²) < 4.78 is 15.0. The van der Waals surface area contributed by atoms with Crippen LogP contribution in [-0.2, 0) is 11.2 Å². The molecule has 4 rings (SSSR count). The summed E-state index contributed by atoms with van der Waals surface area (Å²) in [7, 11) is 0. The molecule has 0 radical (unpaired) electrons. The van der Waals surface area contributed by atoms with Crippen LogP contribution in [-0.4, -0.2) is 20.3 Å². The van der Waals surface area contributed by atoms with Gasteiger partial charge in [-0.2, -0.15) is 0 Å². The Kier molecular flexibility index (Phi) is 4.06. The van der Waals surface area contributed by atoms with Gasteiger partial charge in [0.15, 0.2) is 10.1 Å². The molecular formula is C17H13FN4OS2. The Morgan fingerprint density at radius 2 is 2.12 bits per heavy atom. The third-order valence-electron chi connectivity index (χ3n) is 3.63. The molecule has 0 aliphatic heterocycles. The zero-order chi connectivity index (χ0) is 17.4. The fraction of sp³-hybridized carbons (Fsp3) is 0.118. The SMILES string of the molecule is Cc1cnc(NC(=O)Cc2csc3nc(-c4ccc(F)cc4)cn23)s1. The molecule has 0 aliphatic rings. The molecule has 1 N–H and O–H groups in total. The Morgan fingerprint density at radius 1 is 1.32 bits per heavy atom. The van der Waals surface area contributed by atoms with Crippen LogP contribution in [0.3, 0.4) is 0 Å². The molecule has 0 bridgehead atoms. The average Bonchev–Trinajstić information content (AvgIpc) is 3.26. The predicted molar refractivity (Wildman–Crippen MR) is 97.6 cm³/mol. The molecule has 0 spiro atoms. The van der Waals surface area contributed by atoms with Gasteiger partial charge in [-0.25, -0.2) is 14.4 Å². The highest BCUT2D eigenvalue weighted by Crippen LogP contribution is 2.24. The van der Waals surface area contributed by atoms with Gasteiger partial charge in [0.2, 0.25) is 5.91 Å². The first kappa shape index (κ1) is 15.9. The van der Waals surface area contributed by atoms with Gasteiger partial charge in [0.1, 0.15) is 5.82 Å². The van der Waals surface area contributed by atoms with Crippen LogP contribution in [0.4, 0.5) is 9.52 Å². The number of amides is 1. The fourth-order valence-corrected chi connectivity index (χ4v) is 4.01. The van der Waals surface area contributed by atoms with Crippen LogP contribution >= 0.6 is 22.7 Å². The largest absolute Gasteiger partial charge is 0.302 e.